The summed E-state index contributed by atoms with van der Waals surface area (Å²) in [6, 6.07) is 13.4. The van der Waals surface area contributed by atoms with Gasteiger partial charge < -0.3 is 25.2 Å². The summed E-state index contributed by atoms with van der Waals surface area (Å²) in [7, 11) is 3.28. The van der Waals surface area contributed by atoms with E-state index in [0.717, 1.165) is 34.7 Å². The monoisotopic (exact) mass is 371 g/mol. The molecule has 0 saturated heterocycles. The van der Waals surface area contributed by atoms with Crippen LogP contribution in [0.4, 0.5) is 0 Å². The molecule has 27 heavy (non-hydrogen) atoms. The van der Waals surface area contributed by atoms with Crippen LogP contribution >= 0.6 is 0 Å². The number of nitrogens with zero attached hydrogens (tertiary/aromatic N) is 1. The number of benzene rings is 2. The number of aryl methyl sites for hydroxylation is 1. The van der Waals surface area contributed by atoms with Gasteiger partial charge in [-0.1, -0.05) is 24.3 Å². The van der Waals surface area contributed by atoms with Crippen molar-refractivity contribution in [1.82, 2.24) is 10.6 Å². The van der Waals surface area contributed by atoms with Crippen molar-refractivity contribution in [3.8, 4) is 11.5 Å². The lowest BCUT2D eigenvalue weighted by atomic mass is 10.1. The minimum atomic E-state index is -0.645. The van der Waals surface area contributed by atoms with Gasteiger partial charge in [-0.25, -0.2) is 4.99 Å². The van der Waals surface area contributed by atoms with Crippen molar-refractivity contribution in [3.05, 3.63) is 59.2 Å². The number of aliphatic imine (C=N–C) groups is 1. The first kappa shape index (κ1) is 20.6. The number of methoxy groups -OCH3 is 2. The minimum Gasteiger partial charge on any atom is -0.497 e. The molecule has 1 unspecified atom stereocenters. The molecule has 0 heterocycles. The number of nitrogens with one attached hydrogen (secondary N) is 2. The Morgan fingerprint density at radius 1 is 1.07 bits per heavy atom. The molecule has 0 aromatic heterocycles. The van der Waals surface area contributed by atoms with Gasteiger partial charge in [-0.2, -0.15) is 0 Å². The molecule has 6 nitrogen and oxygen atoms in total. The third-order valence-electron chi connectivity index (χ3n) is 4.16. The van der Waals surface area contributed by atoms with Crippen LogP contribution in [-0.2, 0) is 6.54 Å². The maximum absolute atomic E-state index is 10.4. The second-order valence-electron chi connectivity index (χ2n) is 6.18. The molecular formula is C21H29N3O3. The summed E-state index contributed by atoms with van der Waals surface area (Å²) in [5.41, 5.74) is 2.97. The van der Waals surface area contributed by atoms with E-state index in [1.54, 1.807) is 14.2 Å². The second kappa shape index (κ2) is 10.4. The molecule has 0 bridgehead atoms. The molecule has 2 aromatic rings. The maximum Gasteiger partial charge on any atom is 0.191 e. The zero-order valence-electron chi connectivity index (χ0n) is 16.5. The van der Waals surface area contributed by atoms with Gasteiger partial charge in [0.25, 0.3) is 0 Å². The van der Waals surface area contributed by atoms with Gasteiger partial charge in [-0.3, -0.25) is 0 Å². The average Bonchev–Trinajstić information content (AvgIpc) is 2.70. The molecule has 0 saturated carbocycles. The SMILES string of the molecule is CCNC(=NCc1ccc(C)cc1OC)NCC(O)c1ccc(OC)cc1. The number of guanidine groups is 1. The van der Waals surface area contributed by atoms with E-state index < -0.39 is 6.10 Å². The van der Waals surface area contributed by atoms with Crippen molar-refractivity contribution in [2.75, 3.05) is 27.3 Å². The summed E-state index contributed by atoms with van der Waals surface area (Å²) < 4.78 is 10.6. The molecule has 3 N–H and O–H groups in total. The van der Waals surface area contributed by atoms with Crippen LogP contribution in [0.15, 0.2) is 47.5 Å². The summed E-state index contributed by atoms with van der Waals surface area (Å²) in [6.07, 6.45) is -0.645. The number of hydrogen-bond acceptors (Lipinski definition) is 4. The fraction of sp³-hybridized carbons (Fsp3) is 0.381. The maximum atomic E-state index is 10.4. The largest absolute Gasteiger partial charge is 0.497 e. The fourth-order valence-corrected chi connectivity index (χ4v) is 2.63. The first-order valence-corrected chi connectivity index (χ1v) is 9.05. The predicted octanol–water partition coefficient (Wildman–Crippen LogP) is 2.80. The van der Waals surface area contributed by atoms with Gasteiger partial charge in [0.15, 0.2) is 5.96 Å². The highest BCUT2D eigenvalue weighted by Crippen LogP contribution is 2.20. The van der Waals surface area contributed by atoms with Crippen molar-refractivity contribution in [1.29, 1.82) is 0 Å². The summed E-state index contributed by atoms with van der Waals surface area (Å²) in [6.45, 7) is 5.60. The van der Waals surface area contributed by atoms with E-state index in [2.05, 4.69) is 15.6 Å². The van der Waals surface area contributed by atoms with E-state index in [0.29, 0.717) is 19.0 Å². The Kier molecular flexibility index (Phi) is 7.95. The van der Waals surface area contributed by atoms with Gasteiger partial charge in [-0.05, 0) is 43.2 Å². The van der Waals surface area contributed by atoms with Crippen LogP contribution in [0.5, 0.6) is 11.5 Å². The molecule has 0 radical (unpaired) electrons. The van der Waals surface area contributed by atoms with Gasteiger partial charge in [0.05, 0.1) is 26.9 Å². The van der Waals surface area contributed by atoms with Crippen molar-refractivity contribution in [2.45, 2.75) is 26.5 Å². The Labute approximate surface area is 161 Å². The number of ether oxygens (including phenoxy) is 2. The number of rotatable bonds is 8. The smallest absolute Gasteiger partial charge is 0.191 e. The van der Waals surface area contributed by atoms with Crippen molar-refractivity contribution in [3.63, 3.8) is 0 Å². The van der Waals surface area contributed by atoms with Crippen LogP contribution in [0.1, 0.15) is 29.7 Å². The molecule has 0 aliphatic heterocycles. The van der Waals surface area contributed by atoms with Gasteiger partial charge in [0.1, 0.15) is 11.5 Å². The summed E-state index contributed by atoms with van der Waals surface area (Å²) in [5, 5.41) is 16.8. The van der Waals surface area contributed by atoms with Crippen molar-refractivity contribution in [2.24, 2.45) is 4.99 Å². The van der Waals surface area contributed by atoms with Gasteiger partial charge in [0, 0.05) is 18.7 Å². The summed E-state index contributed by atoms with van der Waals surface area (Å²) in [4.78, 5) is 4.60. The number of aliphatic hydroxyl groups is 1. The van der Waals surface area contributed by atoms with E-state index in [-0.39, 0.29) is 0 Å². The average molecular weight is 371 g/mol. The molecule has 146 valence electrons. The molecule has 0 amide bonds. The van der Waals surface area contributed by atoms with E-state index in [9.17, 15) is 5.11 Å². The Morgan fingerprint density at radius 3 is 2.44 bits per heavy atom. The van der Waals surface area contributed by atoms with Crippen LogP contribution in [-0.4, -0.2) is 38.4 Å². The molecule has 0 fully saturated rings. The highest BCUT2D eigenvalue weighted by atomic mass is 16.5. The molecule has 1 atom stereocenters. The van der Waals surface area contributed by atoms with Crippen molar-refractivity contribution >= 4 is 5.96 Å². The highest BCUT2D eigenvalue weighted by molar-refractivity contribution is 5.79. The van der Waals surface area contributed by atoms with Gasteiger partial charge in [-0.15, -0.1) is 0 Å². The van der Waals surface area contributed by atoms with E-state index in [1.807, 2.05) is 56.3 Å². The topological polar surface area (TPSA) is 75.1 Å². The van der Waals surface area contributed by atoms with Crippen molar-refractivity contribution < 1.29 is 14.6 Å². The van der Waals surface area contributed by atoms with E-state index >= 15 is 0 Å². The summed E-state index contributed by atoms with van der Waals surface area (Å²) in [5.74, 6) is 2.24. The zero-order chi connectivity index (χ0) is 19.6. The molecule has 0 aliphatic carbocycles. The highest BCUT2D eigenvalue weighted by Gasteiger charge is 2.09. The predicted molar refractivity (Wildman–Crippen MR) is 109 cm³/mol. The zero-order valence-corrected chi connectivity index (χ0v) is 16.5. The fourth-order valence-electron chi connectivity index (χ4n) is 2.63. The van der Waals surface area contributed by atoms with Gasteiger partial charge >= 0.3 is 0 Å². The normalized spacial score (nSPS) is 12.4. The Bertz CT molecular complexity index is 745. The van der Waals surface area contributed by atoms with Crippen LogP contribution in [0.3, 0.4) is 0 Å². The number of aliphatic hydroxyl groups excluding tert-OH is 1. The van der Waals surface area contributed by atoms with Crippen LogP contribution in [0, 0.1) is 6.92 Å². The lowest BCUT2D eigenvalue weighted by Gasteiger charge is -2.16. The summed E-state index contributed by atoms with van der Waals surface area (Å²) >= 11 is 0. The molecule has 0 aliphatic rings. The molecule has 0 spiro atoms. The third-order valence-corrected chi connectivity index (χ3v) is 4.16. The first-order chi connectivity index (χ1) is 13.1. The quantitative estimate of drug-likeness (QED) is 0.491. The molecule has 2 aromatic carbocycles. The second-order valence-corrected chi connectivity index (χ2v) is 6.18. The number of hydrogen-bond donors (Lipinski definition) is 3. The van der Waals surface area contributed by atoms with Crippen LogP contribution in [0.2, 0.25) is 0 Å². The molecular weight excluding hydrogens is 342 g/mol. The third kappa shape index (κ3) is 6.18. The first-order valence-electron chi connectivity index (χ1n) is 9.05. The standard InChI is InChI=1S/C21H29N3O3/c1-5-22-21(23-13-17-7-6-15(2)12-20(17)27-4)24-14-19(25)16-8-10-18(26-3)11-9-16/h6-12,19,25H,5,13-14H2,1-4H3,(H2,22,23,24). The lowest BCUT2D eigenvalue weighted by molar-refractivity contribution is 0.180. The van der Waals surface area contributed by atoms with E-state index in [4.69, 9.17) is 9.47 Å². The Hall–Kier alpha value is -2.73. The Balaban J connectivity index is 2.00. The lowest BCUT2D eigenvalue weighted by Crippen LogP contribution is -2.39. The van der Waals surface area contributed by atoms with E-state index in [1.165, 1.54) is 0 Å². The molecule has 6 heteroatoms. The minimum absolute atomic E-state index is 0.350. The van der Waals surface area contributed by atoms with Gasteiger partial charge in [0.2, 0.25) is 0 Å². The molecule has 2 rings (SSSR count). The van der Waals surface area contributed by atoms with Crippen LogP contribution < -0.4 is 20.1 Å². The van der Waals surface area contributed by atoms with Crippen LogP contribution in [0.25, 0.3) is 0 Å². The Morgan fingerprint density at radius 2 is 1.81 bits per heavy atom.